The molecule has 0 bridgehead atoms. The SMILES string of the molecule is Cc1onc(-c2c(Cl)cccc2Cl)c1C(=Nc1ccc(F)cc1)Nc1ccccc1. The molecule has 4 nitrogen and oxygen atoms in total. The first-order valence-corrected chi connectivity index (χ1v) is 9.86. The molecule has 3 aromatic carbocycles. The van der Waals surface area contributed by atoms with Crippen LogP contribution in [0.1, 0.15) is 11.3 Å². The number of hydrogen-bond acceptors (Lipinski definition) is 3. The van der Waals surface area contributed by atoms with E-state index in [1.807, 2.05) is 30.3 Å². The van der Waals surface area contributed by atoms with Crippen LogP contribution < -0.4 is 5.32 Å². The molecule has 0 unspecified atom stereocenters. The van der Waals surface area contributed by atoms with Gasteiger partial charge in [-0.25, -0.2) is 9.38 Å². The minimum absolute atomic E-state index is 0.337. The van der Waals surface area contributed by atoms with Crippen LogP contribution in [0.4, 0.5) is 15.8 Å². The largest absolute Gasteiger partial charge is 0.360 e. The van der Waals surface area contributed by atoms with Gasteiger partial charge in [0, 0.05) is 11.3 Å². The zero-order valence-electron chi connectivity index (χ0n) is 15.9. The molecule has 4 rings (SSSR count). The maximum atomic E-state index is 13.4. The van der Waals surface area contributed by atoms with Gasteiger partial charge in [-0.15, -0.1) is 0 Å². The Morgan fingerprint density at radius 3 is 2.27 bits per heavy atom. The lowest BCUT2D eigenvalue weighted by Crippen LogP contribution is -2.15. The first-order valence-electron chi connectivity index (χ1n) is 9.10. The van der Waals surface area contributed by atoms with Crippen LogP contribution in [0.3, 0.4) is 0 Å². The highest BCUT2D eigenvalue weighted by Gasteiger charge is 2.24. The van der Waals surface area contributed by atoms with E-state index in [4.69, 9.17) is 32.7 Å². The summed E-state index contributed by atoms with van der Waals surface area (Å²) in [6.45, 7) is 1.78. The van der Waals surface area contributed by atoms with Crippen LogP contribution in [0.15, 0.2) is 82.3 Å². The van der Waals surface area contributed by atoms with Crippen LogP contribution in [-0.2, 0) is 0 Å². The Kier molecular flexibility index (Phi) is 5.84. The van der Waals surface area contributed by atoms with Crippen molar-refractivity contribution >= 4 is 40.4 Å². The van der Waals surface area contributed by atoms with Crippen molar-refractivity contribution in [3.8, 4) is 11.3 Å². The van der Waals surface area contributed by atoms with Crippen molar-refractivity contribution in [2.24, 2.45) is 4.99 Å². The monoisotopic (exact) mass is 439 g/mol. The number of hydrogen-bond donors (Lipinski definition) is 1. The van der Waals surface area contributed by atoms with Gasteiger partial charge in [0.1, 0.15) is 23.1 Å². The molecule has 0 fully saturated rings. The highest BCUT2D eigenvalue weighted by Crippen LogP contribution is 2.37. The average Bonchev–Trinajstić information content (AvgIpc) is 3.11. The first kappa shape index (κ1) is 20.1. The second-order valence-electron chi connectivity index (χ2n) is 6.49. The summed E-state index contributed by atoms with van der Waals surface area (Å²) in [4.78, 5) is 4.70. The molecule has 0 saturated heterocycles. The molecular weight excluding hydrogens is 424 g/mol. The molecule has 1 aromatic heterocycles. The van der Waals surface area contributed by atoms with Gasteiger partial charge >= 0.3 is 0 Å². The molecule has 7 heteroatoms. The zero-order valence-corrected chi connectivity index (χ0v) is 17.4. The quantitative estimate of drug-likeness (QED) is 0.268. The Bertz CT molecular complexity index is 1180. The summed E-state index contributed by atoms with van der Waals surface area (Å²) in [7, 11) is 0. The topological polar surface area (TPSA) is 50.4 Å². The van der Waals surface area contributed by atoms with Crippen LogP contribution in [-0.4, -0.2) is 11.0 Å². The Morgan fingerprint density at radius 2 is 1.60 bits per heavy atom. The highest BCUT2D eigenvalue weighted by molar-refractivity contribution is 6.39. The first-order chi connectivity index (χ1) is 14.5. The van der Waals surface area contributed by atoms with Crippen LogP contribution in [0.5, 0.6) is 0 Å². The van der Waals surface area contributed by atoms with E-state index in [9.17, 15) is 4.39 Å². The van der Waals surface area contributed by atoms with E-state index in [-0.39, 0.29) is 5.82 Å². The van der Waals surface area contributed by atoms with E-state index in [1.54, 1.807) is 37.3 Å². The minimum atomic E-state index is -0.337. The molecule has 0 aliphatic rings. The van der Waals surface area contributed by atoms with Crippen LogP contribution in [0.25, 0.3) is 11.3 Å². The highest BCUT2D eigenvalue weighted by atomic mass is 35.5. The second-order valence-corrected chi connectivity index (χ2v) is 7.30. The smallest absolute Gasteiger partial charge is 0.145 e. The minimum Gasteiger partial charge on any atom is -0.360 e. The molecule has 0 amide bonds. The molecule has 1 heterocycles. The number of aliphatic imine (C=N–C) groups is 1. The standard InChI is InChI=1S/C23H16Cl2FN3O/c1-14-20(22(29-30-14)21-18(24)8-5-9-19(21)25)23(27-16-6-3-2-4-7-16)28-17-12-10-15(26)11-13-17/h2-13H,1H3,(H,27,28). The van der Waals surface area contributed by atoms with Crippen molar-refractivity contribution < 1.29 is 8.91 Å². The summed E-state index contributed by atoms with van der Waals surface area (Å²) in [5.41, 5.74) is 3.00. The van der Waals surface area contributed by atoms with Gasteiger partial charge in [-0.3, -0.25) is 0 Å². The summed E-state index contributed by atoms with van der Waals surface area (Å²) in [5, 5.41) is 8.39. The lowest BCUT2D eigenvalue weighted by molar-refractivity contribution is 0.399. The van der Waals surface area contributed by atoms with E-state index < -0.39 is 0 Å². The fourth-order valence-corrected chi connectivity index (χ4v) is 3.57. The van der Waals surface area contributed by atoms with E-state index in [2.05, 4.69) is 10.5 Å². The van der Waals surface area contributed by atoms with Crippen molar-refractivity contribution in [3.05, 3.63) is 100.0 Å². The van der Waals surface area contributed by atoms with Crippen LogP contribution in [0, 0.1) is 12.7 Å². The van der Waals surface area contributed by atoms with Gasteiger partial charge in [-0.2, -0.15) is 0 Å². The molecular formula is C23H16Cl2FN3O. The summed E-state index contributed by atoms with van der Waals surface area (Å²) in [6, 6.07) is 20.7. The predicted octanol–water partition coefficient (Wildman–Crippen LogP) is 7.29. The third kappa shape index (κ3) is 4.22. The molecule has 150 valence electrons. The zero-order chi connectivity index (χ0) is 21.1. The van der Waals surface area contributed by atoms with Crippen LogP contribution in [0.2, 0.25) is 10.0 Å². The Labute approximate surface area is 183 Å². The molecule has 0 atom stereocenters. The molecule has 0 aliphatic heterocycles. The van der Waals surface area contributed by atoms with Crippen molar-refractivity contribution in [2.45, 2.75) is 6.92 Å². The van der Waals surface area contributed by atoms with Crippen molar-refractivity contribution in [3.63, 3.8) is 0 Å². The third-order valence-corrected chi connectivity index (χ3v) is 5.03. The molecule has 0 radical (unpaired) electrons. The number of nitrogens with one attached hydrogen (secondary N) is 1. The van der Waals surface area contributed by atoms with Gasteiger partial charge in [0.05, 0.1) is 21.3 Å². The van der Waals surface area contributed by atoms with Gasteiger partial charge in [-0.1, -0.05) is 52.6 Å². The number of aromatic nitrogens is 1. The number of benzene rings is 3. The number of halogens is 3. The van der Waals surface area contributed by atoms with Gasteiger partial charge in [-0.05, 0) is 55.5 Å². The van der Waals surface area contributed by atoms with Gasteiger partial charge in [0.15, 0.2) is 0 Å². The Morgan fingerprint density at radius 1 is 0.933 bits per heavy atom. The number of rotatable bonds is 4. The van der Waals surface area contributed by atoms with Crippen molar-refractivity contribution in [1.29, 1.82) is 0 Å². The predicted molar refractivity (Wildman–Crippen MR) is 119 cm³/mol. The summed E-state index contributed by atoms with van der Waals surface area (Å²) >= 11 is 12.8. The van der Waals surface area contributed by atoms with Crippen molar-refractivity contribution in [2.75, 3.05) is 5.32 Å². The number of amidine groups is 1. The average molecular weight is 440 g/mol. The normalized spacial score (nSPS) is 11.5. The molecule has 0 aliphatic carbocycles. The maximum Gasteiger partial charge on any atom is 0.145 e. The summed E-state index contributed by atoms with van der Waals surface area (Å²) in [5.74, 6) is 0.666. The maximum absolute atomic E-state index is 13.4. The molecule has 30 heavy (non-hydrogen) atoms. The number of aryl methyl sites for hydroxylation is 1. The summed E-state index contributed by atoms with van der Waals surface area (Å²) in [6.07, 6.45) is 0. The van der Waals surface area contributed by atoms with Crippen LogP contribution >= 0.6 is 23.2 Å². The number of para-hydroxylation sites is 1. The lowest BCUT2D eigenvalue weighted by atomic mass is 10.0. The van der Waals surface area contributed by atoms with Gasteiger partial charge in [0.25, 0.3) is 0 Å². The molecule has 1 N–H and O–H groups in total. The van der Waals surface area contributed by atoms with Gasteiger partial charge in [0.2, 0.25) is 0 Å². The number of nitrogens with zero attached hydrogens (tertiary/aromatic N) is 2. The van der Waals surface area contributed by atoms with E-state index in [0.29, 0.717) is 44.1 Å². The fraction of sp³-hybridized carbons (Fsp3) is 0.0435. The van der Waals surface area contributed by atoms with E-state index >= 15 is 0 Å². The lowest BCUT2D eigenvalue weighted by Gasteiger charge is -2.12. The van der Waals surface area contributed by atoms with Gasteiger partial charge < -0.3 is 9.84 Å². The number of anilines is 1. The van der Waals surface area contributed by atoms with Crippen molar-refractivity contribution in [1.82, 2.24) is 5.16 Å². The third-order valence-electron chi connectivity index (χ3n) is 4.40. The molecule has 4 aromatic rings. The fourth-order valence-electron chi connectivity index (χ4n) is 2.99. The Hall–Kier alpha value is -3.15. The van der Waals surface area contributed by atoms with E-state index in [0.717, 1.165) is 5.69 Å². The second kappa shape index (κ2) is 8.69. The Balaban J connectivity index is 1.90. The van der Waals surface area contributed by atoms with E-state index in [1.165, 1.54) is 12.1 Å². The molecule has 0 saturated carbocycles. The summed E-state index contributed by atoms with van der Waals surface area (Å²) < 4.78 is 18.9. The molecule has 0 spiro atoms.